The number of nitrogens with two attached hydrogens (primary N) is 2. The van der Waals surface area contributed by atoms with Crippen molar-refractivity contribution in [2.75, 3.05) is 11.9 Å². The molecule has 2 aliphatic rings. The van der Waals surface area contributed by atoms with Gasteiger partial charge in [0.2, 0.25) is 5.91 Å². The molecule has 1 spiro atoms. The van der Waals surface area contributed by atoms with Crippen LogP contribution in [0.3, 0.4) is 0 Å². The van der Waals surface area contributed by atoms with Crippen LogP contribution in [0, 0.1) is 68.9 Å². The number of nitrogens with one attached hydrogen (secondary N) is 2. The Hall–Kier alpha value is -3.62. The number of aliphatic imine (C=N–C) groups is 1. The largest absolute Gasteiger partial charge is 0.667 e. The number of nitrogens with zero attached hydrogens (tertiary/aromatic N) is 3. The number of fused-ring (bicyclic) bond motifs is 6. The number of carbonyl (C=O) groups excluding carboxylic acids is 2. The molecule has 3 aromatic carbocycles. The first-order valence-corrected chi connectivity index (χ1v) is 12.2. The molecule has 0 aliphatic carbocycles. The number of hydrogen-bond donors (Lipinski definition) is 3. The van der Waals surface area contributed by atoms with Crippen LogP contribution in [0.5, 0.6) is 11.5 Å². The van der Waals surface area contributed by atoms with E-state index in [1.165, 1.54) is 42.5 Å². The minimum atomic E-state index is -1.63. The van der Waals surface area contributed by atoms with Crippen LogP contribution >= 0.6 is 0 Å². The molecule has 44 heavy (non-hydrogen) atoms. The normalized spacial score (nSPS) is 15.7. The minimum Gasteiger partial charge on any atom is -0.667 e. The van der Waals surface area contributed by atoms with E-state index in [9.17, 15) is 29.8 Å². The monoisotopic (exact) mass is 767 g/mol. The second-order valence-corrected chi connectivity index (χ2v) is 9.30. The van der Waals surface area contributed by atoms with Crippen LogP contribution in [0.15, 0.2) is 59.6 Å². The Balaban J connectivity index is 0.00000225. The van der Waals surface area contributed by atoms with Crippen molar-refractivity contribution in [1.82, 2.24) is 0 Å². The van der Waals surface area contributed by atoms with Crippen molar-refractivity contribution in [2.45, 2.75) is 24.5 Å². The number of guanidine groups is 1. The van der Waals surface area contributed by atoms with Gasteiger partial charge in [0.1, 0.15) is 11.5 Å². The summed E-state index contributed by atoms with van der Waals surface area (Å²) in [5, 5.41) is 25.5. The van der Waals surface area contributed by atoms with Crippen LogP contribution in [0.25, 0.3) is 5.73 Å². The van der Waals surface area contributed by atoms with Gasteiger partial charge in [0.15, 0.2) is 11.6 Å². The Kier molecular flexibility index (Phi) is 12.0. The molecule has 6 N–H and O–H groups in total. The van der Waals surface area contributed by atoms with Gasteiger partial charge in [0, 0.05) is 113 Å². The van der Waals surface area contributed by atoms with E-state index in [0.29, 0.717) is 12.0 Å². The Labute approximate surface area is 296 Å². The molecule has 0 aromatic heterocycles. The first-order valence-electron chi connectivity index (χ1n) is 12.2. The Morgan fingerprint density at radius 3 is 2.16 bits per heavy atom. The predicted octanol–water partition coefficient (Wildman–Crippen LogP) is 3.93. The zero-order chi connectivity index (χ0) is 29.5. The summed E-state index contributed by atoms with van der Waals surface area (Å²) >= 11 is 0. The van der Waals surface area contributed by atoms with Gasteiger partial charge in [0.25, 0.3) is 11.4 Å². The molecule has 0 fully saturated rings. The standard InChI is InChI=1S/C26H22N7O8.CH3.Pr.V/c27-20(2-1-9-30-25(28)29)23(34)31-13-3-6-18-21(10-13)40-22-12-15(33(38)39)5-8-19(22)26(18)17-7-4-14(32(36)37)11-16(17)24(35)41-26;;;/h3-8,10-12,20,27H,1-2,9H2,(H,31,34)(H4,28,29,30);1H3;;/q2*-1;;. The van der Waals surface area contributed by atoms with Crippen LogP contribution in [0.1, 0.15) is 39.9 Å². The fourth-order valence-electron chi connectivity index (χ4n) is 4.87. The summed E-state index contributed by atoms with van der Waals surface area (Å²) in [6, 6.07) is 11.0. The molecule has 15 nitrogen and oxygen atoms in total. The van der Waals surface area contributed by atoms with Gasteiger partial charge in [-0.3, -0.25) is 30.0 Å². The van der Waals surface area contributed by atoms with Crippen molar-refractivity contribution in [3.63, 3.8) is 0 Å². The maximum absolute atomic E-state index is 13.0. The maximum atomic E-state index is 13.0. The third kappa shape index (κ3) is 6.71. The summed E-state index contributed by atoms with van der Waals surface area (Å²) in [7, 11) is 0. The number of nitro benzene ring substituents is 2. The average molecular weight is 767 g/mol. The maximum Gasteiger partial charge on any atom is 0.340 e. The number of amides is 1. The quantitative estimate of drug-likeness (QED) is 0.0568. The molecular weight excluding hydrogens is 742 g/mol. The van der Waals surface area contributed by atoms with Crippen molar-refractivity contribution in [3.8, 4) is 11.5 Å². The minimum absolute atomic E-state index is 0. The zero-order valence-corrected chi connectivity index (χ0v) is 28.3. The van der Waals surface area contributed by atoms with Crippen molar-refractivity contribution in [2.24, 2.45) is 16.5 Å². The fraction of sp³-hybridized carbons (Fsp3) is 0.185. The summed E-state index contributed by atoms with van der Waals surface area (Å²) < 4.78 is 11.9. The van der Waals surface area contributed by atoms with E-state index in [-0.39, 0.29) is 131 Å². The molecule has 226 valence electrons. The average Bonchev–Trinajstić information content (AvgIpc) is 3.22. The van der Waals surface area contributed by atoms with Crippen molar-refractivity contribution in [3.05, 3.63) is 110 Å². The summed E-state index contributed by atoms with van der Waals surface area (Å²) in [6.07, 6.45) is 0.608. The third-order valence-corrected chi connectivity index (χ3v) is 6.72. The SMILES string of the molecule is [CH3-].[NH-]C(CCCN=C(N)N)C(=O)Nc1ccc2c(c1)Oc1cc([N+](=O)[O-])ccc1C21OC(=O)c2cc([N+](=O)[O-])ccc21.[Pr].[V]. The summed E-state index contributed by atoms with van der Waals surface area (Å²) in [5.74, 6) is -1.36. The van der Waals surface area contributed by atoms with Gasteiger partial charge in [0.05, 0.1) is 21.5 Å². The van der Waals surface area contributed by atoms with Crippen molar-refractivity contribution >= 4 is 34.9 Å². The summed E-state index contributed by atoms with van der Waals surface area (Å²) in [5.41, 5.74) is 17.6. The number of ether oxygens (including phenoxy) is 2. The molecular formula is C27H25N7O8PrV-2. The Bertz CT molecular complexity index is 1670. The molecule has 0 bridgehead atoms. The van der Waals surface area contributed by atoms with E-state index in [0.717, 1.165) is 6.07 Å². The second-order valence-electron chi connectivity index (χ2n) is 9.30. The number of non-ortho nitro benzene ring substituents is 2. The van der Waals surface area contributed by atoms with Gasteiger partial charge in [-0.2, -0.15) is 0 Å². The summed E-state index contributed by atoms with van der Waals surface area (Å²) in [4.78, 5) is 51.1. The fourth-order valence-corrected chi connectivity index (χ4v) is 4.87. The van der Waals surface area contributed by atoms with Crippen molar-refractivity contribution < 1.29 is 88.8 Å². The number of nitro groups is 2. The molecule has 1 amide bonds. The van der Waals surface area contributed by atoms with Crippen LogP contribution in [0.4, 0.5) is 17.1 Å². The molecule has 2 unspecified atom stereocenters. The van der Waals surface area contributed by atoms with Gasteiger partial charge < -0.3 is 39.4 Å². The van der Waals surface area contributed by atoms with Gasteiger partial charge in [-0.05, 0) is 30.7 Å². The molecule has 2 atom stereocenters. The molecule has 0 saturated carbocycles. The van der Waals surface area contributed by atoms with Gasteiger partial charge in [-0.15, -0.1) is 0 Å². The second kappa shape index (κ2) is 14.4. The Morgan fingerprint density at radius 1 is 0.977 bits per heavy atom. The van der Waals surface area contributed by atoms with Crippen molar-refractivity contribution in [1.29, 1.82) is 0 Å². The molecule has 2 radical (unpaired) electrons. The molecule has 0 saturated heterocycles. The van der Waals surface area contributed by atoms with E-state index in [1.807, 2.05) is 0 Å². The van der Waals surface area contributed by atoms with E-state index in [1.54, 1.807) is 6.07 Å². The molecule has 5 rings (SSSR count). The van der Waals surface area contributed by atoms with E-state index < -0.39 is 33.4 Å². The van der Waals surface area contributed by atoms with E-state index in [4.69, 9.17) is 26.7 Å². The first kappa shape index (κ1) is 36.6. The number of hydrogen-bond acceptors (Lipinski definition) is 9. The molecule has 17 heteroatoms. The van der Waals surface area contributed by atoms with Crippen LogP contribution in [-0.2, 0) is 33.7 Å². The van der Waals surface area contributed by atoms with Gasteiger partial charge in [-0.25, -0.2) is 4.79 Å². The number of esters is 1. The topological polar surface area (TPSA) is 239 Å². The molecule has 2 aliphatic heterocycles. The third-order valence-electron chi connectivity index (χ3n) is 6.72. The number of anilines is 1. The summed E-state index contributed by atoms with van der Waals surface area (Å²) in [6.45, 7) is 0.272. The van der Waals surface area contributed by atoms with Crippen LogP contribution < -0.4 is 21.5 Å². The zero-order valence-electron chi connectivity index (χ0n) is 23.2. The number of carbonyl (C=O) groups is 2. The number of benzene rings is 3. The molecule has 2 heterocycles. The molecule has 3 aromatic rings. The number of rotatable bonds is 8. The van der Waals surface area contributed by atoms with Crippen LogP contribution in [0.2, 0.25) is 0 Å². The smallest absolute Gasteiger partial charge is 0.340 e. The van der Waals surface area contributed by atoms with E-state index in [2.05, 4.69) is 10.3 Å². The predicted molar refractivity (Wildman–Crippen MR) is 151 cm³/mol. The van der Waals surface area contributed by atoms with Gasteiger partial charge in [-0.1, -0.05) is 12.5 Å². The van der Waals surface area contributed by atoms with Gasteiger partial charge >= 0.3 is 5.97 Å². The first-order chi connectivity index (χ1) is 19.5. The Morgan fingerprint density at radius 2 is 1.55 bits per heavy atom. The van der Waals surface area contributed by atoms with E-state index >= 15 is 0 Å². The van der Waals surface area contributed by atoms with Crippen LogP contribution in [-0.4, -0.2) is 40.3 Å².